The predicted molar refractivity (Wildman–Crippen MR) is 100 cm³/mol. The molecule has 122 valence electrons. The summed E-state index contributed by atoms with van der Waals surface area (Å²) >= 11 is 0. The van der Waals surface area contributed by atoms with Gasteiger partial charge >= 0.3 is 0 Å². The zero-order chi connectivity index (χ0) is 14.8. The number of nitrogens with one attached hydrogen (secondary N) is 2. The molecule has 1 aromatic heterocycles. The van der Waals surface area contributed by atoms with E-state index in [9.17, 15) is 0 Å². The first-order valence-electron chi connectivity index (χ1n) is 7.61. The Kier molecular flexibility index (Phi) is 11.4. The van der Waals surface area contributed by atoms with Crippen molar-refractivity contribution < 1.29 is 0 Å². The van der Waals surface area contributed by atoms with Crippen molar-refractivity contribution in [2.45, 2.75) is 40.0 Å². The van der Waals surface area contributed by atoms with Gasteiger partial charge in [0.1, 0.15) is 0 Å². The predicted octanol–water partition coefficient (Wildman–Crippen LogP) is 2.57. The molecule has 0 unspecified atom stereocenters. The number of aliphatic imine (C=N–C) groups is 1. The van der Waals surface area contributed by atoms with E-state index < -0.39 is 0 Å². The third-order valence-electron chi connectivity index (χ3n) is 3.01. The van der Waals surface area contributed by atoms with Crippen LogP contribution >= 0.6 is 24.0 Å². The molecule has 0 saturated heterocycles. The van der Waals surface area contributed by atoms with E-state index in [1.54, 1.807) is 0 Å². The Morgan fingerprint density at radius 1 is 1.38 bits per heavy atom. The number of aryl methyl sites for hydroxylation is 2. The molecule has 0 saturated carbocycles. The minimum absolute atomic E-state index is 0. The summed E-state index contributed by atoms with van der Waals surface area (Å²) in [7, 11) is 1.95. The van der Waals surface area contributed by atoms with Crippen LogP contribution in [-0.4, -0.2) is 35.4 Å². The summed E-state index contributed by atoms with van der Waals surface area (Å²) in [5.41, 5.74) is 1.28. The molecule has 0 radical (unpaired) electrons. The van der Waals surface area contributed by atoms with Crippen molar-refractivity contribution in [3.8, 4) is 0 Å². The SMILES string of the molecule is CCNC(=NCCCc1cnn(C)c1)NCCC(C)C.I. The minimum atomic E-state index is 0. The molecule has 0 aliphatic heterocycles. The van der Waals surface area contributed by atoms with Gasteiger partial charge in [-0.15, -0.1) is 24.0 Å². The highest BCUT2D eigenvalue weighted by atomic mass is 127. The number of halogens is 1. The maximum absolute atomic E-state index is 4.60. The molecule has 1 aromatic rings. The summed E-state index contributed by atoms with van der Waals surface area (Å²) in [5, 5.41) is 10.8. The van der Waals surface area contributed by atoms with Crippen molar-refractivity contribution in [3.05, 3.63) is 18.0 Å². The van der Waals surface area contributed by atoms with Gasteiger partial charge in [0.25, 0.3) is 0 Å². The van der Waals surface area contributed by atoms with Crippen LogP contribution in [0.25, 0.3) is 0 Å². The molecule has 0 bridgehead atoms. The highest BCUT2D eigenvalue weighted by Gasteiger charge is 1.99. The molecule has 1 heterocycles. The average molecular weight is 407 g/mol. The molecule has 0 fully saturated rings. The lowest BCUT2D eigenvalue weighted by molar-refractivity contribution is 0.573. The van der Waals surface area contributed by atoms with Crippen LogP contribution in [0.3, 0.4) is 0 Å². The zero-order valence-electron chi connectivity index (χ0n) is 13.7. The molecule has 0 aromatic carbocycles. The molecule has 21 heavy (non-hydrogen) atoms. The summed E-state index contributed by atoms with van der Waals surface area (Å²) in [6.07, 6.45) is 7.24. The maximum atomic E-state index is 4.60. The quantitative estimate of drug-likeness (QED) is 0.302. The van der Waals surface area contributed by atoms with E-state index in [2.05, 4.69) is 47.7 Å². The van der Waals surface area contributed by atoms with Crippen LogP contribution in [0.2, 0.25) is 0 Å². The summed E-state index contributed by atoms with van der Waals surface area (Å²) < 4.78 is 1.84. The van der Waals surface area contributed by atoms with Crippen LogP contribution in [0.15, 0.2) is 17.4 Å². The smallest absolute Gasteiger partial charge is 0.191 e. The van der Waals surface area contributed by atoms with Crippen molar-refractivity contribution in [2.75, 3.05) is 19.6 Å². The van der Waals surface area contributed by atoms with Gasteiger partial charge in [-0.3, -0.25) is 9.67 Å². The lowest BCUT2D eigenvalue weighted by Gasteiger charge is -2.12. The van der Waals surface area contributed by atoms with E-state index in [0.717, 1.165) is 44.4 Å². The topological polar surface area (TPSA) is 54.2 Å². The largest absolute Gasteiger partial charge is 0.357 e. The first kappa shape index (κ1) is 20.2. The summed E-state index contributed by atoms with van der Waals surface area (Å²) in [5.74, 6) is 1.65. The van der Waals surface area contributed by atoms with Crippen LogP contribution in [0.1, 0.15) is 39.2 Å². The monoisotopic (exact) mass is 407 g/mol. The molecule has 5 nitrogen and oxygen atoms in total. The lowest BCUT2D eigenvalue weighted by atomic mass is 10.1. The van der Waals surface area contributed by atoms with E-state index in [-0.39, 0.29) is 24.0 Å². The van der Waals surface area contributed by atoms with Crippen LogP contribution in [0, 0.1) is 5.92 Å². The fourth-order valence-corrected chi connectivity index (χ4v) is 1.90. The second-order valence-electron chi connectivity index (χ2n) is 5.50. The van der Waals surface area contributed by atoms with Gasteiger partial charge in [-0.25, -0.2) is 0 Å². The molecule has 2 N–H and O–H groups in total. The molecule has 0 aliphatic rings. The lowest BCUT2D eigenvalue weighted by Crippen LogP contribution is -2.38. The van der Waals surface area contributed by atoms with E-state index >= 15 is 0 Å². The Labute approximate surface area is 146 Å². The van der Waals surface area contributed by atoms with Crippen molar-refractivity contribution in [3.63, 3.8) is 0 Å². The molecular weight excluding hydrogens is 377 g/mol. The normalized spacial score (nSPS) is 11.4. The van der Waals surface area contributed by atoms with Crippen LogP contribution in [-0.2, 0) is 13.5 Å². The Bertz CT molecular complexity index is 401. The Hall–Kier alpha value is -0.790. The Balaban J connectivity index is 0.00000400. The average Bonchev–Trinajstić information content (AvgIpc) is 2.80. The van der Waals surface area contributed by atoms with Gasteiger partial charge in [-0.2, -0.15) is 5.10 Å². The van der Waals surface area contributed by atoms with Gasteiger partial charge in [0.2, 0.25) is 0 Å². The van der Waals surface area contributed by atoms with Crippen molar-refractivity contribution in [1.29, 1.82) is 0 Å². The zero-order valence-corrected chi connectivity index (χ0v) is 16.1. The Morgan fingerprint density at radius 3 is 2.71 bits per heavy atom. The third-order valence-corrected chi connectivity index (χ3v) is 3.01. The molecule has 0 atom stereocenters. The van der Waals surface area contributed by atoms with Crippen molar-refractivity contribution >= 4 is 29.9 Å². The maximum Gasteiger partial charge on any atom is 0.191 e. The van der Waals surface area contributed by atoms with E-state index in [4.69, 9.17) is 0 Å². The number of rotatable bonds is 8. The van der Waals surface area contributed by atoms with Gasteiger partial charge < -0.3 is 10.6 Å². The molecule has 0 spiro atoms. The van der Waals surface area contributed by atoms with Crippen molar-refractivity contribution in [1.82, 2.24) is 20.4 Å². The van der Waals surface area contributed by atoms with Crippen molar-refractivity contribution in [2.24, 2.45) is 18.0 Å². The highest BCUT2D eigenvalue weighted by Crippen LogP contribution is 2.01. The minimum Gasteiger partial charge on any atom is -0.357 e. The van der Waals surface area contributed by atoms with E-state index in [1.807, 2.05) is 17.9 Å². The molecular formula is C15H30IN5. The first-order chi connectivity index (χ1) is 9.61. The van der Waals surface area contributed by atoms with Crippen LogP contribution < -0.4 is 10.6 Å². The standard InChI is InChI=1S/C15H29N5.HI/c1-5-16-15(18-10-8-13(2)3)17-9-6-7-14-11-19-20(4)12-14;/h11-13H,5-10H2,1-4H3,(H2,16,17,18);1H. The highest BCUT2D eigenvalue weighted by molar-refractivity contribution is 14.0. The van der Waals surface area contributed by atoms with Crippen LogP contribution in [0.4, 0.5) is 0 Å². The summed E-state index contributed by atoms with van der Waals surface area (Å²) in [6, 6.07) is 0. The number of hydrogen-bond donors (Lipinski definition) is 2. The van der Waals surface area contributed by atoms with Gasteiger partial charge in [0, 0.05) is 32.9 Å². The number of aromatic nitrogens is 2. The molecule has 0 aliphatic carbocycles. The van der Waals surface area contributed by atoms with Crippen LogP contribution in [0.5, 0.6) is 0 Å². The van der Waals surface area contributed by atoms with Gasteiger partial charge in [-0.05, 0) is 37.7 Å². The summed E-state index contributed by atoms with van der Waals surface area (Å²) in [6.45, 7) is 9.28. The molecule has 6 heteroatoms. The fourth-order valence-electron chi connectivity index (χ4n) is 1.90. The van der Waals surface area contributed by atoms with E-state index in [0.29, 0.717) is 0 Å². The third kappa shape index (κ3) is 9.71. The number of guanidine groups is 1. The summed E-state index contributed by atoms with van der Waals surface area (Å²) in [4.78, 5) is 4.60. The fraction of sp³-hybridized carbons (Fsp3) is 0.733. The van der Waals surface area contributed by atoms with Gasteiger partial charge in [0.05, 0.1) is 6.20 Å². The van der Waals surface area contributed by atoms with Gasteiger partial charge in [-0.1, -0.05) is 13.8 Å². The molecule has 1 rings (SSSR count). The van der Waals surface area contributed by atoms with E-state index in [1.165, 1.54) is 12.0 Å². The van der Waals surface area contributed by atoms with Gasteiger partial charge in [0.15, 0.2) is 5.96 Å². The molecule has 0 amide bonds. The first-order valence-corrected chi connectivity index (χ1v) is 7.61. The Morgan fingerprint density at radius 2 is 2.14 bits per heavy atom. The second kappa shape index (κ2) is 11.8. The second-order valence-corrected chi connectivity index (χ2v) is 5.50. The number of nitrogens with zero attached hydrogens (tertiary/aromatic N) is 3. The number of hydrogen-bond acceptors (Lipinski definition) is 2.